The number of rotatable bonds is 3. The fourth-order valence-electron chi connectivity index (χ4n) is 1.31. The molecule has 1 N–H and O–H groups in total. The molecule has 0 bridgehead atoms. The first kappa shape index (κ1) is 13.0. The fraction of sp³-hybridized carbons (Fsp3) is 0. The molecule has 0 atom stereocenters. The third kappa shape index (κ3) is 2.70. The third-order valence-electron chi connectivity index (χ3n) is 2.15. The monoisotopic (exact) mass is 327 g/mol. The van der Waals surface area contributed by atoms with E-state index in [2.05, 4.69) is 20.9 Å². The van der Waals surface area contributed by atoms with E-state index in [9.17, 15) is 9.18 Å². The molecule has 92 valence electrons. The van der Waals surface area contributed by atoms with Gasteiger partial charge in [-0.3, -0.25) is 4.98 Å². The van der Waals surface area contributed by atoms with Gasteiger partial charge in [-0.2, -0.15) is 0 Å². The molecule has 0 fully saturated rings. The zero-order chi connectivity index (χ0) is 13.1. The molecule has 6 heteroatoms. The van der Waals surface area contributed by atoms with E-state index in [1.807, 2.05) is 0 Å². The summed E-state index contributed by atoms with van der Waals surface area (Å²) in [7, 11) is 0. The van der Waals surface area contributed by atoms with Crippen molar-refractivity contribution < 1.29 is 14.3 Å². The largest absolute Gasteiger partial charge is 0.478 e. The second-order valence-electron chi connectivity index (χ2n) is 3.33. The molecule has 1 aromatic heterocycles. The first-order valence-corrected chi connectivity index (χ1v) is 6.49. The molecule has 0 saturated carbocycles. The van der Waals surface area contributed by atoms with Crippen LogP contribution in [0, 0.1) is 5.82 Å². The lowest BCUT2D eigenvalue weighted by Crippen LogP contribution is -2.00. The third-order valence-corrected chi connectivity index (χ3v) is 3.97. The van der Waals surface area contributed by atoms with Gasteiger partial charge in [-0.15, -0.1) is 0 Å². The van der Waals surface area contributed by atoms with Crippen LogP contribution in [0.2, 0.25) is 0 Å². The van der Waals surface area contributed by atoms with Crippen molar-refractivity contribution in [1.82, 2.24) is 4.98 Å². The van der Waals surface area contributed by atoms with Crippen molar-refractivity contribution >= 4 is 33.7 Å². The Balaban J connectivity index is 2.36. The van der Waals surface area contributed by atoms with Crippen molar-refractivity contribution in [1.29, 1.82) is 0 Å². The molecule has 2 rings (SSSR count). The number of halogens is 2. The lowest BCUT2D eigenvalue weighted by molar-refractivity contribution is 0.0695. The summed E-state index contributed by atoms with van der Waals surface area (Å²) in [4.78, 5) is 15.9. The van der Waals surface area contributed by atoms with Crippen molar-refractivity contribution in [2.75, 3.05) is 0 Å². The summed E-state index contributed by atoms with van der Waals surface area (Å²) in [5.74, 6) is -1.74. The van der Waals surface area contributed by atoms with E-state index < -0.39 is 11.8 Å². The number of benzene rings is 1. The zero-order valence-electron chi connectivity index (χ0n) is 8.93. The lowest BCUT2D eigenvalue weighted by atomic mass is 10.2. The number of nitrogens with zero attached hydrogens (tertiary/aromatic N) is 1. The van der Waals surface area contributed by atoms with Gasteiger partial charge in [0, 0.05) is 22.2 Å². The quantitative estimate of drug-likeness (QED) is 0.930. The minimum absolute atomic E-state index is 0.0333. The summed E-state index contributed by atoms with van der Waals surface area (Å²) < 4.78 is 13.9. The maximum absolute atomic E-state index is 14.0. The van der Waals surface area contributed by atoms with Gasteiger partial charge < -0.3 is 5.11 Å². The molecule has 18 heavy (non-hydrogen) atoms. The Morgan fingerprint density at radius 1 is 1.28 bits per heavy atom. The molecule has 1 heterocycles. The molecule has 0 radical (unpaired) electrons. The number of aromatic nitrogens is 1. The number of pyridine rings is 1. The van der Waals surface area contributed by atoms with Gasteiger partial charge in [0.05, 0.1) is 10.0 Å². The maximum Gasteiger partial charge on any atom is 0.336 e. The number of carbonyl (C=O) groups is 1. The molecule has 0 spiro atoms. The molecular formula is C12H7BrFNO2S. The minimum Gasteiger partial charge on any atom is -0.478 e. The van der Waals surface area contributed by atoms with Gasteiger partial charge in [0.2, 0.25) is 0 Å². The van der Waals surface area contributed by atoms with Crippen LogP contribution >= 0.6 is 27.7 Å². The van der Waals surface area contributed by atoms with Gasteiger partial charge in [0.25, 0.3) is 0 Å². The molecule has 0 aliphatic rings. The first-order valence-electron chi connectivity index (χ1n) is 4.89. The highest BCUT2D eigenvalue weighted by atomic mass is 79.9. The number of carboxylic acids is 1. The summed E-state index contributed by atoms with van der Waals surface area (Å²) in [5, 5.41) is 8.86. The maximum atomic E-state index is 14.0. The first-order chi connectivity index (χ1) is 8.59. The molecule has 0 saturated heterocycles. The van der Waals surface area contributed by atoms with Gasteiger partial charge in [-0.1, -0.05) is 11.8 Å². The molecule has 0 aliphatic heterocycles. The Morgan fingerprint density at radius 2 is 1.94 bits per heavy atom. The van der Waals surface area contributed by atoms with Crippen LogP contribution < -0.4 is 0 Å². The van der Waals surface area contributed by atoms with Crippen LogP contribution in [-0.4, -0.2) is 16.1 Å². The summed E-state index contributed by atoms with van der Waals surface area (Å²) in [5.41, 5.74) is -0.0911. The van der Waals surface area contributed by atoms with Crippen LogP contribution in [0.4, 0.5) is 4.39 Å². The topological polar surface area (TPSA) is 50.2 Å². The van der Waals surface area contributed by atoms with Crippen LogP contribution in [0.1, 0.15) is 10.4 Å². The Kier molecular flexibility index (Phi) is 3.98. The Bertz CT molecular complexity index is 592. The normalized spacial score (nSPS) is 10.3. The number of carboxylic acid groups (broad SMARTS) is 1. The lowest BCUT2D eigenvalue weighted by Gasteiger charge is -2.06. The summed E-state index contributed by atoms with van der Waals surface area (Å²) in [6.45, 7) is 0. The highest BCUT2D eigenvalue weighted by Gasteiger charge is 2.16. The average Bonchev–Trinajstić information content (AvgIpc) is 2.36. The second kappa shape index (κ2) is 5.49. The van der Waals surface area contributed by atoms with Gasteiger partial charge in [-0.05, 0) is 40.2 Å². The van der Waals surface area contributed by atoms with Crippen molar-refractivity contribution in [2.45, 2.75) is 9.79 Å². The molecule has 0 amide bonds. The van der Waals surface area contributed by atoms with Crippen molar-refractivity contribution in [3.05, 3.63) is 52.5 Å². The summed E-state index contributed by atoms with van der Waals surface area (Å²) in [6.07, 6.45) is 3.22. The fourth-order valence-corrected chi connectivity index (χ4v) is 2.80. The van der Waals surface area contributed by atoms with Crippen LogP contribution in [0.3, 0.4) is 0 Å². The smallest absolute Gasteiger partial charge is 0.336 e. The van der Waals surface area contributed by atoms with Crippen molar-refractivity contribution in [3.8, 4) is 0 Å². The van der Waals surface area contributed by atoms with Crippen molar-refractivity contribution in [3.63, 3.8) is 0 Å². The van der Waals surface area contributed by atoms with Crippen LogP contribution in [0.5, 0.6) is 0 Å². The Morgan fingerprint density at radius 3 is 2.56 bits per heavy atom. The van der Waals surface area contributed by atoms with Crippen LogP contribution in [0.15, 0.2) is 50.9 Å². The van der Waals surface area contributed by atoms with E-state index >= 15 is 0 Å². The van der Waals surface area contributed by atoms with Gasteiger partial charge in [0.1, 0.15) is 0 Å². The molecule has 3 nitrogen and oxygen atoms in total. The van der Waals surface area contributed by atoms with E-state index in [1.54, 1.807) is 24.5 Å². The highest BCUT2D eigenvalue weighted by molar-refractivity contribution is 9.10. The number of hydrogen-bond donors (Lipinski definition) is 1. The SMILES string of the molecule is O=C(O)c1ccc(Sc2ccncc2)c(F)c1Br. The van der Waals surface area contributed by atoms with Gasteiger partial charge in [0.15, 0.2) is 5.82 Å². The average molecular weight is 328 g/mol. The molecule has 2 aromatic rings. The molecular weight excluding hydrogens is 321 g/mol. The second-order valence-corrected chi connectivity index (χ2v) is 5.24. The standard InChI is InChI=1S/C12H7BrFNO2S/c13-10-8(12(16)17)1-2-9(11(10)14)18-7-3-5-15-6-4-7/h1-6H,(H,16,17). The van der Waals surface area contributed by atoms with Gasteiger partial charge >= 0.3 is 5.97 Å². The van der Waals surface area contributed by atoms with E-state index in [0.29, 0.717) is 4.90 Å². The van der Waals surface area contributed by atoms with E-state index in [4.69, 9.17) is 5.11 Å². The number of hydrogen-bond acceptors (Lipinski definition) is 3. The molecule has 1 aromatic carbocycles. The summed E-state index contributed by atoms with van der Waals surface area (Å²) >= 11 is 4.17. The number of aromatic carboxylic acids is 1. The van der Waals surface area contributed by atoms with E-state index in [0.717, 1.165) is 4.90 Å². The van der Waals surface area contributed by atoms with Gasteiger partial charge in [-0.25, -0.2) is 9.18 Å². The van der Waals surface area contributed by atoms with Crippen LogP contribution in [-0.2, 0) is 0 Å². The van der Waals surface area contributed by atoms with E-state index in [-0.39, 0.29) is 10.0 Å². The highest BCUT2D eigenvalue weighted by Crippen LogP contribution is 2.34. The predicted molar refractivity (Wildman–Crippen MR) is 69.4 cm³/mol. The zero-order valence-corrected chi connectivity index (χ0v) is 11.3. The molecule has 0 unspecified atom stereocenters. The predicted octanol–water partition coefficient (Wildman–Crippen LogP) is 3.83. The van der Waals surface area contributed by atoms with E-state index in [1.165, 1.54) is 23.9 Å². The van der Waals surface area contributed by atoms with Crippen LogP contribution in [0.25, 0.3) is 0 Å². The molecule has 0 aliphatic carbocycles. The minimum atomic E-state index is -1.17. The Hall–Kier alpha value is -1.40. The van der Waals surface area contributed by atoms with Crippen molar-refractivity contribution in [2.24, 2.45) is 0 Å². The summed E-state index contributed by atoms with van der Waals surface area (Å²) in [6, 6.07) is 6.33. The Labute approximate surface area is 115 Å².